The van der Waals surface area contributed by atoms with Crippen molar-refractivity contribution < 1.29 is 4.74 Å². The topological polar surface area (TPSA) is 126 Å². The van der Waals surface area contributed by atoms with E-state index in [2.05, 4.69) is 28.8 Å². The number of pyridine rings is 1. The quantitative estimate of drug-likeness (QED) is 0.714. The van der Waals surface area contributed by atoms with Crippen LogP contribution in [0.2, 0.25) is 0 Å². The molecule has 0 bridgehead atoms. The van der Waals surface area contributed by atoms with Crippen molar-refractivity contribution in [1.82, 2.24) is 15.0 Å². The number of hydrogen-bond acceptors (Lipinski definition) is 8. The van der Waals surface area contributed by atoms with Crippen LogP contribution in [0.15, 0.2) is 28.4 Å². The van der Waals surface area contributed by atoms with Crippen LogP contribution in [-0.2, 0) is 0 Å². The molecule has 0 aliphatic carbocycles. The van der Waals surface area contributed by atoms with Gasteiger partial charge in [0.1, 0.15) is 16.7 Å². The molecule has 2 heterocycles. The number of nitrogens with zero attached hydrogens (tertiary/aromatic N) is 3. The van der Waals surface area contributed by atoms with E-state index in [0.717, 1.165) is 0 Å². The average Bonchev–Trinajstić information content (AvgIpc) is 2.38. The second-order valence-corrected chi connectivity index (χ2v) is 5.84. The van der Waals surface area contributed by atoms with Crippen molar-refractivity contribution in [3.63, 3.8) is 0 Å². The Labute approximate surface area is 127 Å². The van der Waals surface area contributed by atoms with Crippen molar-refractivity contribution in [3.8, 4) is 5.88 Å². The highest BCUT2D eigenvalue weighted by atomic mass is 32.2. The molecule has 0 atom stereocenters. The lowest BCUT2D eigenvalue weighted by atomic mass is 10.2. The van der Waals surface area contributed by atoms with Crippen LogP contribution in [0.5, 0.6) is 5.88 Å². The van der Waals surface area contributed by atoms with Crippen molar-refractivity contribution in [2.24, 2.45) is 5.92 Å². The summed E-state index contributed by atoms with van der Waals surface area (Å²) >= 11 is 1.24. The molecule has 8 heteroatoms. The Kier molecular flexibility index (Phi) is 4.69. The lowest BCUT2D eigenvalue weighted by Gasteiger charge is -2.11. The summed E-state index contributed by atoms with van der Waals surface area (Å²) in [7, 11) is 0. The van der Waals surface area contributed by atoms with Gasteiger partial charge < -0.3 is 21.9 Å². The summed E-state index contributed by atoms with van der Waals surface area (Å²) in [5.74, 6) is 1.43. The van der Waals surface area contributed by atoms with Gasteiger partial charge in [0.25, 0.3) is 0 Å². The molecule has 112 valence electrons. The Morgan fingerprint density at radius 2 is 1.76 bits per heavy atom. The first kappa shape index (κ1) is 15.2. The van der Waals surface area contributed by atoms with Crippen LogP contribution in [0.4, 0.5) is 17.3 Å². The number of aromatic nitrogens is 3. The summed E-state index contributed by atoms with van der Waals surface area (Å²) < 4.78 is 5.58. The van der Waals surface area contributed by atoms with E-state index in [0.29, 0.717) is 45.9 Å². The van der Waals surface area contributed by atoms with Gasteiger partial charge in [-0.1, -0.05) is 13.8 Å². The Morgan fingerprint density at radius 1 is 1.10 bits per heavy atom. The van der Waals surface area contributed by atoms with Gasteiger partial charge in [0.05, 0.1) is 12.3 Å². The van der Waals surface area contributed by atoms with Crippen LogP contribution in [0, 0.1) is 5.92 Å². The van der Waals surface area contributed by atoms with E-state index >= 15 is 0 Å². The summed E-state index contributed by atoms with van der Waals surface area (Å²) in [6, 6.07) is 5.00. The maximum Gasteiger partial charge on any atom is 0.238 e. The Morgan fingerprint density at radius 3 is 2.38 bits per heavy atom. The fraction of sp³-hybridized carbons (Fsp3) is 0.308. The van der Waals surface area contributed by atoms with Gasteiger partial charge in [-0.3, -0.25) is 0 Å². The molecule has 0 aliphatic heterocycles. The van der Waals surface area contributed by atoms with Crippen LogP contribution in [0.1, 0.15) is 13.8 Å². The molecule has 0 saturated heterocycles. The fourth-order valence-electron chi connectivity index (χ4n) is 1.45. The molecule has 2 rings (SSSR count). The maximum atomic E-state index is 5.85. The molecular weight excluding hydrogens is 288 g/mol. The minimum absolute atomic E-state index is 0.316. The third-order valence-electron chi connectivity index (χ3n) is 2.36. The number of nitrogens with two attached hydrogens (primary N) is 3. The van der Waals surface area contributed by atoms with Crippen LogP contribution in [0.3, 0.4) is 0 Å². The monoisotopic (exact) mass is 306 g/mol. The average molecular weight is 306 g/mol. The van der Waals surface area contributed by atoms with Crippen molar-refractivity contribution in [3.05, 3.63) is 18.2 Å². The van der Waals surface area contributed by atoms with Gasteiger partial charge in [-0.15, -0.1) is 0 Å². The number of rotatable bonds is 5. The largest absolute Gasteiger partial charge is 0.476 e. The maximum absolute atomic E-state index is 5.85. The van der Waals surface area contributed by atoms with Crippen molar-refractivity contribution in [2.75, 3.05) is 23.8 Å². The zero-order chi connectivity index (χ0) is 15.4. The van der Waals surface area contributed by atoms with Gasteiger partial charge in [0, 0.05) is 6.07 Å². The first-order valence-electron chi connectivity index (χ1n) is 6.41. The number of anilines is 3. The highest BCUT2D eigenvalue weighted by molar-refractivity contribution is 7.99. The molecule has 7 nitrogen and oxygen atoms in total. The van der Waals surface area contributed by atoms with E-state index < -0.39 is 0 Å². The lowest BCUT2D eigenvalue weighted by molar-refractivity contribution is 0.261. The Hall–Kier alpha value is -2.22. The molecule has 2 aromatic heterocycles. The van der Waals surface area contributed by atoms with E-state index in [1.165, 1.54) is 17.8 Å². The highest BCUT2D eigenvalue weighted by Crippen LogP contribution is 2.28. The first-order chi connectivity index (χ1) is 9.94. The second kappa shape index (κ2) is 6.49. The highest BCUT2D eigenvalue weighted by Gasteiger charge is 2.09. The summed E-state index contributed by atoms with van der Waals surface area (Å²) in [6.07, 6.45) is 0. The summed E-state index contributed by atoms with van der Waals surface area (Å²) in [5.41, 5.74) is 17.6. The van der Waals surface area contributed by atoms with Crippen LogP contribution in [0.25, 0.3) is 0 Å². The second-order valence-electron chi connectivity index (χ2n) is 4.85. The van der Waals surface area contributed by atoms with Crippen molar-refractivity contribution >= 4 is 29.1 Å². The van der Waals surface area contributed by atoms with E-state index in [9.17, 15) is 0 Å². The zero-order valence-corrected chi connectivity index (χ0v) is 12.7. The molecule has 0 aromatic carbocycles. The smallest absolute Gasteiger partial charge is 0.238 e. The van der Waals surface area contributed by atoms with Gasteiger partial charge in [0.15, 0.2) is 5.16 Å². The fourth-order valence-corrected chi connectivity index (χ4v) is 2.21. The van der Waals surface area contributed by atoms with E-state index in [4.69, 9.17) is 21.9 Å². The molecule has 0 unspecified atom stereocenters. The van der Waals surface area contributed by atoms with Crippen LogP contribution >= 0.6 is 11.8 Å². The molecule has 0 radical (unpaired) electrons. The predicted molar refractivity (Wildman–Crippen MR) is 84.0 cm³/mol. The summed E-state index contributed by atoms with van der Waals surface area (Å²) in [6.45, 7) is 4.66. The zero-order valence-electron chi connectivity index (χ0n) is 11.9. The van der Waals surface area contributed by atoms with E-state index in [1.807, 2.05) is 0 Å². The standard InChI is InChI=1S/C13H18N6OS/c1-7(2)6-20-12-8(14)3-4-11(19-12)21-13-17-9(15)5-10(16)18-13/h3-5,7H,6,14H2,1-2H3,(H4,15,16,17,18). The van der Waals surface area contributed by atoms with Gasteiger partial charge in [-0.2, -0.15) is 0 Å². The molecule has 2 aromatic rings. The molecule has 21 heavy (non-hydrogen) atoms. The molecule has 0 aliphatic rings. The van der Waals surface area contributed by atoms with Crippen molar-refractivity contribution in [2.45, 2.75) is 24.0 Å². The lowest BCUT2D eigenvalue weighted by Crippen LogP contribution is -2.07. The van der Waals surface area contributed by atoms with Crippen LogP contribution < -0.4 is 21.9 Å². The predicted octanol–water partition coefficient (Wildman–Crippen LogP) is 1.80. The Bertz CT molecular complexity index is 614. The van der Waals surface area contributed by atoms with Gasteiger partial charge in [-0.05, 0) is 29.8 Å². The first-order valence-corrected chi connectivity index (χ1v) is 7.23. The minimum Gasteiger partial charge on any atom is -0.476 e. The summed E-state index contributed by atoms with van der Waals surface area (Å²) in [5, 5.41) is 1.09. The van der Waals surface area contributed by atoms with Gasteiger partial charge in [0.2, 0.25) is 5.88 Å². The van der Waals surface area contributed by atoms with Crippen LogP contribution in [-0.4, -0.2) is 21.6 Å². The molecular formula is C13H18N6OS. The molecule has 0 fully saturated rings. The van der Waals surface area contributed by atoms with E-state index in [1.54, 1.807) is 12.1 Å². The third kappa shape index (κ3) is 4.38. The number of hydrogen-bond donors (Lipinski definition) is 3. The summed E-state index contributed by atoms with van der Waals surface area (Å²) in [4.78, 5) is 12.5. The minimum atomic E-state index is 0.316. The molecule has 0 amide bonds. The third-order valence-corrected chi connectivity index (χ3v) is 3.16. The van der Waals surface area contributed by atoms with Gasteiger partial charge >= 0.3 is 0 Å². The SMILES string of the molecule is CC(C)COc1nc(Sc2nc(N)cc(N)n2)ccc1N. The molecule has 0 saturated carbocycles. The Balaban J connectivity index is 2.18. The number of ether oxygens (including phenoxy) is 1. The normalized spacial score (nSPS) is 10.8. The van der Waals surface area contributed by atoms with E-state index in [-0.39, 0.29) is 0 Å². The molecule has 0 spiro atoms. The van der Waals surface area contributed by atoms with Gasteiger partial charge in [-0.25, -0.2) is 15.0 Å². The molecule has 6 N–H and O–H groups in total. The number of nitrogen functional groups attached to an aromatic ring is 3. The van der Waals surface area contributed by atoms with Crippen molar-refractivity contribution in [1.29, 1.82) is 0 Å².